The maximum atomic E-state index is 11.5. The van der Waals surface area contributed by atoms with Gasteiger partial charge in [-0.05, 0) is 57.1 Å². The molecule has 1 amide bonds. The van der Waals surface area contributed by atoms with Crippen molar-refractivity contribution in [2.24, 2.45) is 0 Å². The normalized spacial score (nSPS) is 12.2. The molecule has 0 atom stereocenters. The first-order chi connectivity index (χ1) is 12.8. The fourth-order valence-corrected chi connectivity index (χ4v) is 2.49. The zero-order chi connectivity index (χ0) is 19.1. The minimum atomic E-state index is 0.155. The molecule has 0 rings (SSSR count). The second-order valence-corrected chi connectivity index (χ2v) is 6.86. The molecule has 0 bridgehead atoms. The van der Waals surface area contributed by atoms with Crippen molar-refractivity contribution in [1.29, 1.82) is 0 Å². The van der Waals surface area contributed by atoms with E-state index < -0.39 is 0 Å². The lowest BCUT2D eigenvalue weighted by Gasteiger charge is -2.02. The van der Waals surface area contributed by atoms with Gasteiger partial charge in [-0.15, -0.1) is 0 Å². The van der Waals surface area contributed by atoms with Crippen molar-refractivity contribution in [2.75, 3.05) is 12.3 Å². The molecule has 0 aliphatic carbocycles. The third kappa shape index (κ3) is 20.8. The number of nitrogens with one attached hydrogen (secondary N) is 1. The van der Waals surface area contributed by atoms with E-state index in [-0.39, 0.29) is 5.91 Å². The average molecular weight is 378 g/mol. The molecular weight excluding hydrogens is 338 g/mol. The molecule has 148 valence electrons. The van der Waals surface area contributed by atoms with Gasteiger partial charge in [0, 0.05) is 13.0 Å². The number of allylic oxidation sites excluding steroid dienone is 8. The molecule has 0 aromatic rings. The van der Waals surface area contributed by atoms with Crippen molar-refractivity contribution in [2.45, 2.75) is 77.6 Å². The van der Waals surface area contributed by atoms with Crippen LogP contribution < -0.4 is 5.32 Å². The summed E-state index contributed by atoms with van der Waals surface area (Å²) in [5.74, 6) is 0.977. The van der Waals surface area contributed by atoms with Crippen molar-refractivity contribution in [3.63, 3.8) is 0 Å². The fourth-order valence-electron chi connectivity index (χ4n) is 2.34. The Balaban J connectivity index is 3.44. The van der Waals surface area contributed by atoms with E-state index in [1.807, 2.05) is 0 Å². The van der Waals surface area contributed by atoms with Gasteiger partial charge in [0.1, 0.15) is 0 Å². The van der Waals surface area contributed by atoms with Gasteiger partial charge in [-0.1, -0.05) is 68.4 Å². The van der Waals surface area contributed by atoms with Crippen LogP contribution in [-0.4, -0.2) is 18.2 Å². The van der Waals surface area contributed by atoms with Gasteiger partial charge in [0.2, 0.25) is 5.91 Å². The van der Waals surface area contributed by atoms with Gasteiger partial charge in [0.05, 0.1) is 0 Å². The zero-order valence-corrected chi connectivity index (χ0v) is 17.6. The Bertz CT molecular complexity index is 424. The average Bonchev–Trinajstić information content (AvgIpc) is 2.64. The summed E-state index contributed by atoms with van der Waals surface area (Å²) < 4.78 is 0. The Hall–Kier alpha value is -1.22. The van der Waals surface area contributed by atoms with E-state index in [4.69, 9.17) is 0 Å². The van der Waals surface area contributed by atoms with Crippen molar-refractivity contribution in [3.05, 3.63) is 48.6 Å². The highest BCUT2D eigenvalue weighted by molar-refractivity contribution is 7.80. The van der Waals surface area contributed by atoms with E-state index in [0.29, 0.717) is 6.42 Å². The quantitative estimate of drug-likeness (QED) is 0.167. The number of thiol groups is 1. The summed E-state index contributed by atoms with van der Waals surface area (Å²) in [7, 11) is 0. The zero-order valence-electron chi connectivity index (χ0n) is 16.7. The summed E-state index contributed by atoms with van der Waals surface area (Å²) in [6.45, 7) is 2.98. The second-order valence-electron chi connectivity index (χ2n) is 6.41. The number of amides is 1. The van der Waals surface area contributed by atoms with Crippen LogP contribution in [0.3, 0.4) is 0 Å². The van der Waals surface area contributed by atoms with Crippen LogP contribution in [0.2, 0.25) is 0 Å². The number of unbranched alkanes of at least 4 members (excludes halogenated alkanes) is 4. The Morgan fingerprint density at radius 3 is 1.85 bits per heavy atom. The van der Waals surface area contributed by atoms with Crippen LogP contribution in [0.4, 0.5) is 0 Å². The van der Waals surface area contributed by atoms with Gasteiger partial charge in [-0.3, -0.25) is 4.79 Å². The molecule has 0 aromatic heterocycles. The van der Waals surface area contributed by atoms with Crippen LogP contribution in [0.1, 0.15) is 77.6 Å². The molecule has 3 heteroatoms. The summed E-state index contributed by atoms with van der Waals surface area (Å²) in [6.07, 6.45) is 29.4. The van der Waals surface area contributed by atoms with Crippen LogP contribution in [0.15, 0.2) is 48.6 Å². The van der Waals surface area contributed by atoms with E-state index in [9.17, 15) is 4.79 Å². The fraction of sp³-hybridized carbons (Fsp3) is 0.609. The van der Waals surface area contributed by atoms with E-state index in [1.54, 1.807) is 0 Å². The van der Waals surface area contributed by atoms with Crippen molar-refractivity contribution >= 4 is 18.5 Å². The van der Waals surface area contributed by atoms with Gasteiger partial charge in [0.15, 0.2) is 0 Å². The first-order valence-corrected chi connectivity index (χ1v) is 10.9. The highest BCUT2D eigenvalue weighted by Crippen LogP contribution is 2.01. The lowest BCUT2D eigenvalue weighted by atomic mass is 10.2. The van der Waals surface area contributed by atoms with E-state index in [0.717, 1.165) is 50.8 Å². The van der Waals surface area contributed by atoms with Gasteiger partial charge >= 0.3 is 0 Å². The molecule has 0 spiro atoms. The summed E-state index contributed by atoms with van der Waals surface area (Å²) >= 11 is 4.12. The lowest BCUT2D eigenvalue weighted by Crippen LogP contribution is -2.24. The standard InChI is InChI=1S/C23H39NOS/c1-2-3-4-5-6-7-8-9-10-11-12-13-14-15-16-17-18-20-23(25)24-21-19-22-26/h6-7,9-10,12-13,15-16,26H,2-5,8,11,14,17-22H2,1H3,(H,24,25)/b7-6+,10-9+,13-12+,16-15+. The van der Waals surface area contributed by atoms with E-state index in [2.05, 4.69) is 73.5 Å². The molecule has 0 saturated carbocycles. The Kier molecular flexibility index (Phi) is 20.8. The van der Waals surface area contributed by atoms with Crippen LogP contribution in [0.25, 0.3) is 0 Å². The predicted molar refractivity (Wildman–Crippen MR) is 120 cm³/mol. The summed E-state index contributed by atoms with van der Waals surface area (Å²) in [5, 5.41) is 2.90. The van der Waals surface area contributed by atoms with Crippen LogP contribution in [-0.2, 0) is 4.79 Å². The van der Waals surface area contributed by atoms with Crippen LogP contribution in [0.5, 0.6) is 0 Å². The summed E-state index contributed by atoms with van der Waals surface area (Å²) in [6, 6.07) is 0. The topological polar surface area (TPSA) is 29.1 Å². The molecular formula is C23H39NOS. The van der Waals surface area contributed by atoms with Crippen LogP contribution >= 0.6 is 12.6 Å². The highest BCUT2D eigenvalue weighted by Gasteiger charge is 1.98. The molecule has 0 aromatic carbocycles. The second kappa shape index (κ2) is 21.8. The summed E-state index contributed by atoms with van der Waals surface area (Å²) in [5.41, 5.74) is 0. The first-order valence-electron chi connectivity index (χ1n) is 10.3. The first kappa shape index (κ1) is 24.8. The summed E-state index contributed by atoms with van der Waals surface area (Å²) in [4.78, 5) is 11.5. The number of carbonyl (C=O) groups excluding carboxylic acids is 1. The monoisotopic (exact) mass is 377 g/mol. The molecule has 0 aliphatic rings. The molecule has 0 saturated heterocycles. The minimum Gasteiger partial charge on any atom is -0.356 e. The molecule has 26 heavy (non-hydrogen) atoms. The van der Waals surface area contributed by atoms with Crippen molar-refractivity contribution in [3.8, 4) is 0 Å². The third-order valence-electron chi connectivity index (χ3n) is 3.89. The van der Waals surface area contributed by atoms with Crippen LogP contribution in [0, 0.1) is 0 Å². The molecule has 0 aliphatic heterocycles. The Morgan fingerprint density at radius 1 is 0.769 bits per heavy atom. The number of hydrogen-bond acceptors (Lipinski definition) is 2. The number of hydrogen-bond donors (Lipinski definition) is 2. The molecule has 0 unspecified atom stereocenters. The van der Waals surface area contributed by atoms with Gasteiger partial charge < -0.3 is 5.32 Å². The predicted octanol–water partition coefficient (Wildman–Crippen LogP) is 6.57. The Morgan fingerprint density at radius 2 is 1.31 bits per heavy atom. The van der Waals surface area contributed by atoms with Gasteiger partial charge in [-0.2, -0.15) is 12.6 Å². The number of rotatable bonds is 17. The van der Waals surface area contributed by atoms with E-state index in [1.165, 1.54) is 25.7 Å². The highest BCUT2D eigenvalue weighted by atomic mass is 32.1. The largest absolute Gasteiger partial charge is 0.356 e. The molecule has 0 radical (unpaired) electrons. The molecule has 1 N–H and O–H groups in total. The number of carbonyl (C=O) groups is 1. The molecule has 2 nitrogen and oxygen atoms in total. The van der Waals surface area contributed by atoms with Gasteiger partial charge in [-0.25, -0.2) is 0 Å². The maximum absolute atomic E-state index is 11.5. The SMILES string of the molecule is CCCCC/C=C/C/C=C/C/C=C/C/C=C/CCCC(=O)NCCCS. The van der Waals surface area contributed by atoms with E-state index >= 15 is 0 Å². The van der Waals surface area contributed by atoms with Crippen molar-refractivity contribution < 1.29 is 4.79 Å². The Labute approximate surface area is 167 Å². The lowest BCUT2D eigenvalue weighted by molar-refractivity contribution is -0.121. The maximum Gasteiger partial charge on any atom is 0.220 e. The molecule has 0 heterocycles. The minimum absolute atomic E-state index is 0.155. The van der Waals surface area contributed by atoms with Gasteiger partial charge in [0.25, 0.3) is 0 Å². The molecule has 0 fully saturated rings. The smallest absolute Gasteiger partial charge is 0.220 e. The van der Waals surface area contributed by atoms with Crippen molar-refractivity contribution in [1.82, 2.24) is 5.32 Å². The third-order valence-corrected chi connectivity index (χ3v) is 4.21.